The first-order valence-corrected chi connectivity index (χ1v) is 7.28. The van der Waals surface area contributed by atoms with Crippen molar-refractivity contribution in [2.24, 2.45) is 0 Å². The molecule has 0 spiro atoms. The van der Waals surface area contributed by atoms with E-state index in [0.717, 1.165) is 35.2 Å². The second kappa shape index (κ2) is 7.99. The maximum Gasteiger partial charge on any atom is 0.106 e. The maximum absolute atomic E-state index is 8.69. The van der Waals surface area contributed by atoms with Gasteiger partial charge in [0.25, 0.3) is 0 Å². The fourth-order valence-electron chi connectivity index (χ4n) is 1.92. The van der Waals surface area contributed by atoms with Gasteiger partial charge in [0.1, 0.15) is 11.6 Å². The lowest BCUT2D eigenvalue weighted by atomic mass is 10.1. The first-order valence-electron chi connectivity index (χ1n) is 7.28. The molecule has 0 aliphatic carbocycles. The van der Waals surface area contributed by atoms with Gasteiger partial charge in [-0.2, -0.15) is 10.5 Å². The highest BCUT2D eigenvalue weighted by molar-refractivity contribution is 5.22. The molecule has 2 atom stereocenters. The minimum atomic E-state index is -0.110. The lowest BCUT2D eigenvalue weighted by Crippen LogP contribution is -1.92. The highest BCUT2D eigenvalue weighted by atomic mass is 14.9. The molecule has 6 nitrogen and oxygen atoms in total. The van der Waals surface area contributed by atoms with Gasteiger partial charge < -0.3 is 9.97 Å². The number of rotatable bonds is 3. The maximum atomic E-state index is 8.69. The van der Waals surface area contributed by atoms with Gasteiger partial charge in [-0.15, -0.1) is 0 Å². The van der Waals surface area contributed by atoms with Crippen LogP contribution in [0.3, 0.4) is 0 Å². The highest BCUT2D eigenvalue weighted by Crippen LogP contribution is 2.16. The summed E-state index contributed by atoms with van der Waals surface area (Å²) in [5, 5.41) is 17.2. The van der Waals surface area contributed by atoms with Crippen LogP contribution < -0.4 is 0 Å². The van der Waals surface area contributed by atoms with Gasteiger partial charge in [0.2, 0.25) is 0 Å². The third-order valence-electron chi connectivity index (χ3n) is 3.29. The monoisotopic (exact) mass is 298 g/mol. The van der Waals surface area contributed by atoms with Crippen LogP contribution >= 0.6 is 0 Å². The number of nitrogens with one attached hydrogen (secondary N) is 2. The molecule has 2 unspecified atom stereocenters. The van der Waals surface area contributed by atoms with Crippen molar-refractivity contribution in [2.75, 3.05) is 0 Å². The molecular formula is C16H22N6. The van der Waals surface area contributed by atoms with Crippen LogP contribution in [-0.2, 0) is 6.42 Å². The number of imidazole rings is 2. The molecule has 0 aliphatic heterocycles. The van der Waals surface area contributed by atoms with Crippen LogP contribution in [0.25, 0.3) is 0 Å². The van der Waals surface area contributed by atoms with E-state index in [1.54, 1.807) is 6.20 Å². The van der Waals surface area contributed by atoms with Gasteiger partial charge >= 0.3 is 0 Å². The Kier molecular flexibility index (Phi) is 6.34. The van der Waals surface area contributed by atoms with E-state index >= 15 is 0 Å². The average Bonchev–Trinajstić information content (AvgIpc) is 3.12. The molecule has 0 saturated carbocycles. The summed E-state index contributed by atoms with van der Waals surface area (Å²) < 4.78 is 0. The predicted molar refractivity (Wildman–Crippen MR) is 84.1 cm³/mol. The third-order valence-corrected chi connectivity index (χ3v) is 3.29. The van der Waals surface area contributed by atoms with Gasteiger partial charge in [0.05, 0.1) is 35.4 Å². The largest absolute Gasteiger partial charge is 0.346 e. The summed E-state index contributed by atoms with van der Waals surface area (Å²) in [5.74, 6) is 1.63. The van der Waals surface area contributed by atoms with E-state index in [0.29, 0.717) is 0 Å². The van der Waals surface area contributed by atoms with E-state index in [1.165, 1.54) is 0 Å². The summed E-state index contributed by atoms with van der Waals surface area (Å²) in [6, 6.07) is 4.30. The number of H-pyrrole nitrogens is 2. The molecule has 22 heavy (non-hydrogen) atoms. The van der Waals surface area contributed by atoms with Crippen molar-refractivity contribution in [3.8, 4) is 12.1 Å². The molecule has 0 saturated heterocycles. The van der Waals surface area contributed by atoms with E-state index in [4.69, 9.17) is 10.5 Å². The molecule has 0 aromatic carbocycles. The second-order valence-corrected chi connectivity index (χ2v) is 5.17. The Morgan fingerprint density at radius 1 is 1.14 bits per heavy atom. The highest BCUT2D eigenvalue weighted by Gasteiger charge is 2.11. The quantitative estimate of drug-likeness (QED) is 0.907. The second-order valence-electron chi connectivity index (χ2n) is 5.17. The van der Waals surface area contributed by atoms with E-state index in [9.17, 15) is 0 Å². The number of hydrogen-bond donors (Lipinski definition) is 2. The zero-order valence-corrected chi connectivity index (χ0v) is 13.7. The molecule has 116 valence electrons. The average molecular weight is 298 g/mol. The SMILES string of the molecule is CCc1nc(C(C)C#N)c(C)[nH]1.Cc1ncc(C(C)C#N)[nH]1. The Morgan fingerprint density at radius 2 is 1.77 bits per heavy atom. The number of aryl methyl sites for hydroxylation is 3. The third kappa shape index (κ3) is 4.46. The Hall–Kier alpha value is -2.60. The fraction of sp³-hybridized carbons (Fsp3) is 0.500. The predicted octanol–water partition coefficient (Wildman–Crippen LogP) is 3.25. The minimum absolute atomic E-state index is 0.0822. The molecular weight excluding hydrogens is 276 g/mol. The first kappa shape index (κ1) is 17.5. The molecule has 0 fully saturated rings. The molecule has 2 rings (SSSR count). The smallest absolute Gasteiger partial charge is 0.106 e. The van der Waals surface area contributed by atoms with Crippen LogP contribution in [0.4, 0.5) is 0 Å². The molecule has 0 bridgehead atoms. The summed E-state index contributed by atoms with van der Waals surface area (Å²) in [6.45, 7) is 9.57. The zero-order valence-electron chi connectivity index (χ0n) is 13.7. The summed E-state index contributed by atoms with van der Waals surface area (Å²) in [7, 11) is 0. The van der Waals surface area contributed by atoms with Crippen LogP contribution in [0.15, 0.2) is 6.20 Å². The van der Waals surface area contributed by atoms with Gasteiger partial charge in [-0.3, -0.25) is 0 Å². The van der Waals surface area contributed by atoms with E-state index in [2.05, 4.69) is 32.1 Å². The van der Waals surface area contributed by atoms with E-state index < -0.39 is 0 Å². The van der Waals surface area contributed by atoms with E-state index in [-0.39, 0.29) is 11.8 Å². The van der Waals surface area contributed by atoms with Crippen molar-refractivity contribution in [3.63, 3.8) is 0 Å². The van der Waals surface area contributed by atoms with Crippen LogP contribution in [0, 0.1) is 36.5 Å². The molecule has 2 heterocycles. The van der Waals surface area contributed by atoms with Gasteiger partial charge in [0.15, 0.2) is 0 Å². The van der Waals surface area contributed by atoms with E-state index in [1.807, 2.05) is 34.6 Å². The van der Waals surface area contributed by atoms with Gasteiger partial charge in [-0.1, -0.05) is 6.92 Å². The molecule has 0 radical (unpaired) electrons. The molecule has 0 amide bonds. The summed E-state index contributed by atoms with van der Waals surface area (Å²) >= 11 is 0. The van der Waals surface area contributed by atoms with Crippen molar-refractivity contribution in [2.45, 2.75) is 52.9 Å². The number of aromatic amines is 2. The normalized spacial score (nSPS) is 12.5. The Balaban J connectivity index is 0.000000224. The van der Waals surface area contributed by atoms with Crippen LogP contribution in [0.5, 0.6) is 0 Å². The lowest BCUT2D eigenvalue weighted by Gasteiger charge is -1.96. The van der Waals surface area contributed by atoms with Crippen LogP contribution in [0.1, 0.15) is 61.3 Å². The van der Waals surface area contributed by atoms with Gasteiger partial charge in [0, 0.05) is 18.3 Å². The molecule has 6 heteroatoms. The van der Waals surface area contributed by atoms with Crippen molar-refractivity contribution in [1.29, 1.82) is 10.5 Å². The van der Waals surface area contributed by atoms with Crippen molar-refractivity contribution in [3.05, 3.63) is 34.9 Å². The summed E-state index contributed by atoms with van der Waals surface area (Å²) in [6.07, 6.45) is 2.59. The fourth-order valence-corrected chi connectivity index (χ4v) is 1.92. The number of aromatic nitrogens is 4. The number of hydrogen-bond acceptors (Lipinski definition) is 4. The van der Waals surface area contributed by atoms with Crippen molar-refractivity contribution in [1.82, 2.24) is 19.9 Å². The van der Waals surface area contributed by atoms with Gasteiger partial charge in [-0.25, -0.2) is 9.97 Å². The number of nitriles is 2. The topological polar surface area (TPSA) is 105 Å². The summed E-state index contributed by atoms with van der Waals surface area (Å²) in [4.78, 5) is 14.4. The molecule has 2 aromatic heterocycles. The first-order chi connectivity index (χ1) is 10.4. The van der Waals surface area contributed by atoms with Crippen LogP contribution in [0.2, 0.25) is 0 Å². The Labute approximate surface area is 131 Å². The molecule has 0 aliphatic rings. The lowest BCUT2D eigenvalue weighted by molar-refractivity contribution is 0.903. The molecule has 2 N–H and O–H groups in total. The standard InChI is InChI=1S/C9H13N3.C7H9N3/c1-4-8-11-7(3)9(12-8)6(2)5-10;1-5(3-8)7-4-9-6(2)10-7/h6H,4H2,1-3H3,(H,11,12);4-5H,1-2H3,(H,9,10). The van der Waals surface area contributed by atoms with Crippen molar-refractivity contribution >= 4 is 0 Å². The van der Waals surface area contributed by atoms with Crippen molar-refractivity contribution < 1.29 is 0 Å². The summed E-state index contributed by atoms with van der Waals surface area (Å²) in [5.41, 5.74) is 2.79. The zero-order chi connectivity index (χ0) is 16.7. The van der Waals surface area contributed by atoms with Gasteiger partial charge in [-0.05, 0) is 27.7 Å². The molecule has 2 aromatic rings. The Bertz CT molecular complexity index is 682. The Morgan fingerprint density at radius 3 is 2.18 bits per heavy atom. The number of nitrogens with zero attached hydrogens (tertiary/aromatic N) is 4. The minimum Gasteiger partial charge on any atom is -0.346 e. The van der Waals surface area contributed by atoms with Crippen LogP contribution in [-0.4, -0.2) is 19.9 Å².